The van der Waals surface area contributed by atoms with Crippen molar-refractivity contribution in [3.63, 3.8) is 0 Å². The highest BCUT2D eigenvalue weighted by atomic mass is 16.5. The van der Waals surface area contributed by atoms with E-state index in [9.17, 15) is 9.59 Å². The van der Waals surface area contributed by atoms with Crippen molar-refractivity contribution >= 4 is 17.8 Å². The summed E-state index contributed by atoms with van der Waals surface area (Å²) in [6, 6.07) is 16.3. The average molecular weight is 491 g/mol. The maximum absolute atomic E-state index is 12.8. The van der Waals surface area contributed by atoms with E-state index in [1.165, 1.54) is 0 Å². The second-order valence-electron chi connectivity index (χ2n) is 8.46. The molecule has 4 rings (SSSR count). The predicted molar refractivity (Wildman–Crippen MR) is 134 cm³/mol. The molecule has 0 unspecified atom stereocenters. The molecule has 1 fully saturated rings. The zero-order valence-electron chi connectivity index (χ0n) is 20.4. The largest absolute Gasteiger partial charge is 0.497 e. The fourth-order valence-electron chi connectivity index (χ4n) is 4.18. The molecule has 2 heterocycles. The monoisotopic (exact) mass is 490 g/mol. The number of rotatable bonds is 9. The number of carbonyl (C=O) groups excluding carboxylic acids is 2. The van der Waals surface area contributed by atoms with Crippen LogP contribution in [0.5, 0.6) is 11.5 Å². The van der Waals surface area contributed by atoms with Crippen molar-refractivity contribution in [2.45, 2.75) is 18.9 Å². The van der Waals surface area contributed by atoms with Crippen LogP contribution in [-0.4, -0.2) is 55.8 Å². The van der Waals surface area contributed by atoms with Crippen LogP contribution in [0.1, 0.15) is 30.0 Å². The van der Waals surface area contributed by atoms with Crippen molar-refractivity contribution in [1.82, 2.24) is 15.3 Å². The lowest BCUT2D eigenvalue weighted by Crippen LogP contribution is -2.39. The Morgan fingerprint density at radius 2 is 1.44 bits per heavy atom. The van der Waals surface area contributed by atoms with Gasteiger partial charge in [0, 0.05) is 25.5 Å². The number of amides is 1. The molecule has 0 bridgehead atoms. The van der Waals surface area contributed by atoms with Gasteiger partial charge in [-0.05, 0) is 54.3 Å². The normalized spacial score (nSPS) is 13.8. The van der Waals surface area contributed by atoms with E-state index in [1.54, 1.807) is 32.7 Å². The van der Waals surface area contributed by atoms with Crippen molar-refractivity contribution in [2.24, 2.45) is 5.92 Å². The minimum atomic E-state index is -0.429. The lowest BCUT2D eigenvalue weighted by molar-refractivity contribution is -0.153. The number of hydrogen-bond acceptors (Lipinski definition) is 8. The number of piperidine rings is 1. The third-order valence-electron chi connectivity index (χ3n) is 6.21. The third-order valence-corrected chi connectivity index (χ3v) is 6.21. The Kier molecular flexibility index (Phi) is 8.33. The molecule has 1 aliphatic rings. The number of ether oxygens (including phenoxy) is 3. The van der Waals surface area contributed by atoms with Crippen molar-refractivity contribution < 1.29 is 23.8 Å². The molecule has 36 heavy (non-hydrogen) atoms. The lowest BCUT2D eigenvalue weighted by atomic mass is 9.97. The molecular formula is C27H30N4O5. The predicted octanol–water partition coefficient (Wildman–Crippen LogP) is 3.16. The molecule has 1 saturated heterocycles. The number of anilines is 1. The van der Waals surface area contributed by atoms with Gasteiger partial charge in [0.25, 0.3) is 5.91 Å². The minimum absolute atomic E-state index is 0.253. The number of methoxy groups -OCH3 is 2. The van der Waals surface area contributed by atoms with Crippen LogP contribution in [0.3, 0.4) is 0 Å². The van der Waals surface area contributed by atoms with E-state index in [0.717, 1.165) is 22.6 Å². The number of esters is 1. The summed E-state index contributed by atoms with van der Waals surface area (Å²) in [7, 11) is 3.21. The van der Waals surface area contributed by atoms with E-state index in [2.05, 4.69) is 15.3 Å². The molecule has 1 N–H and O–H groups in total. The number of hydrogen-bond donors (Lipinski definition) is 1. The van der Waals surface area contributed by atoms with Crippen molar-refractivity contribution in [2.75, 3.05) is 38.8 Å². The van der Waals surface area contributed by atoms with Crippen LogP contribution in [0.4, 0.5) is 5.95 Å². The Balaban J connectivity index is 1.34. The average Bonchev–Trinajstić information content (AvgIpc) is 2.95. The summed E-state index contributed by atoms with van der Waals surface area (Å²) in [6.45, 7) is 0.976. The van der Waals surface area contributed by atoms with Gasteiger partial charge in [-0.3, -0.25) is 9.59 Å². The number of nitrogens with zero attached hydrogens (tertiary/aromatic N) is 3. The third kappa shape index (κ3) is 6.29. The molecule has 0 spiro atoms. The Labute approximate surface area is 210 Å². The quantitative estimate of drug-likeness (QED) is 0.457. The first-order chi connectivity index (χ1) is 17.6. The van der Waals surface area contributed by atoms with E-state index < -0.39 is 6.04 Å². The molecule has 9 nitrogen and oxygen atoms in total. The highest BCUT2D eigenvalue weighted by Crippen LogP contribution is 2.26. The van der Waals surface area contributed by atoms with Crippen LogP contribution in [-0.2, 0) is 14.3 Å². The molecule has 1 aliphatic heterocycles. The highest BCUT2D eigenvalue weighted by molar-refractivity contribution is 5.82. The van der Waals surface area contributed by atoms with E-state index >= 15 is 0 Å². The number of aromatic nitrogens is 2. The summed E-state index contributed by atoms with van der Waals surface area (Å²) in [6.07, 6.45) is 4.65. The van der Waals surface area contributed by atoms with E-state index in [-0.39, 0.29) is 24.4 Å². The van der Waals surface area contributed by atoms with Crippen LogP contribution < -0.4 is 19.7 Å². The Hall–Kier alpha value is -4.14. The van der Waals surface area contributed by atoms with Crippen LogP contribution in [0.25, 0.3) is 0 Å². The van der Waals surface area contributed by atoms with Crippen LogP contribution in [0, 0.1) is 5.92 Å². The van der Waals surface area contributed by atoms with Crippen LogP contribution in [0.15, 0.2) is 67.0 Å². The fraction of sp³-hybridized carbons (Fsp3) is 0.333. The Bertz CT molecular complexity index is 1080. The molecular weight excluding hydrogens is 460 g/mol. The summed E-state index contributed by atoms with van der Waals surface area (Å²) >= 11 is 0. The highest BCUT2D eigenvalue weighted by Gasteiger charge is 2.28. The molecule has 3 aromatic rings. The van der Waals surface area contributed by atoms with Crippen LogP contribution >= 0.6 is 0 Å². The molecule has 9 heteroatoms. The van der Waals surface area contributed by atoms with Crippen molar-refractivity contribution in [3.8, 4) is 11.5 Å². The van der Waals surface area contributed by atoms with Gasteiger partial charge in [0.15, 0.2) is 6.61 Å². The molecule has 0 atom stereocenters. The second-order valence-corrected chi connectivity index (χ2v) is 8.46. The van der Waals surface area contributed by atoms with Crippen molar-refractivity contribution in [1.29, 1.82) is 0 Å². The maximum Gasteiger partial charge on any atom is 0.309 e. The second kappa shape index (κ2) is 12.0. The molecule has 0 radical (unpaired) electrons. The SMILES string of the molecule is COc1ccc(C(NC(=O)COC(=O)C2CCN(c3ncccn3)CC2)c2ccc(OC)cc2)cc1. The minimum Gasteiger partial charge on any atom is -0.497 e. The van der Waals surface area contributed by atoms with E-state index in [1.807, 2.05) is 53.4 Å². The van der Waals surface area contributed by atoms with Gasteiger partial charge in [0.2, 0.25) is 5.95 Å². The topological polar surface area (TPSA) is 103 Å². The van der Waals surface area contributed by atoms with Gasteiger partial charge >= 0.3 is 5.97 Å². The number of benzene rings is 2. The van der Waals surface area contributed by atoms with Crippen molar-refractivity contribution in [3.05, 3.63) is 78.1 Å². The smallest absolute Gasteiger partial charge is 0.309 e. The summed E-state index contributed by atoms with van der Waals surface area (Å²) < 4.78 is 15.9. The summed E-state index contributed by atoms with van der Waals surface area (Å²) in [5.74, 6) is 1.11. The fourth-order valence-corrected chi connectivity index (χ4v) is 4.18. The van der Waals surface area contributed by atoms with Gasteiger partial charge in [0.05, 0.1) is 26.2 Å². The summed E-state index contributed by atoms with van der Waals surface area (Å²) in [5.41, 5.74) is 1.74. The first-order valence-corrected chi connectivity index (χ1v) is 11.8. The molecule has 0 aliphatic carbocycles. The Morgan fingerprint density at radius 3 is 1.94 bits per heavy atom. The first kappa shape index (κ1) is 25.0. The molecule has 188 valence electrons. The van der Waals surface area contributed by atoms with Gasteiger partial charge < -0.3 is 24.4 Å². The molecule has 0 saturated carbocycles. The van der Waals surface area contributed by atoms with E-state index in [0.29, 0.717) is 31.9 Å². The maximum atomic E-state index is 12.8. The van der Waals surface area contributed by atoms with Gasteiger partial charge in [-0.15, -0.1) is 0 Å². The standard InChI is InChI=1S/C27H30N4O5/c1-34-22-8-4-19(5-9-22)25(20-6-10-23(35-2)11-7-20)30-24(32)18-36-26(33)21-12-16-31(17-13-21)27-28-14-3-15-29-27/h3-11,14-15,21,25H,12-13,16-18H2,1-2H3,(H,30,32). The molecule has 2 aromatic carbocycles. The summed E-state index contributed by atoms with van der Waals surface area (Å²) in [4.78, 5) is 36.0. The number of carbonyl (C=O) groups is 2. The molecule has 1 amide bonds. The van der Waals surface area contributed by atoms with Gasteiger partial charge in [-0.2, -0.15) is 0 Å². The zero-order valence-corrected chi connectivity index (χ0v) is 20.4. The van der Waals surface area contributed by atoms with Gasteiger partial charge in [0.1, 0.15) is 11.5 Å². The Morgan fingerprint density at radius 1 is 0.917 bits per heavy atom. The van der Waals surface area contributed by atoms with E-state index in [4.69, 9.17) is 14.2 Å². The molecule has 1 aromatic heterocycles. The van der Waals surface area contributed by atoms with Gasteiger partial charge in [-0.25, -0.2) is 9.97 Å². The summed E-state index contributed by atoms with van der Waals surface area (Å²) in [5, 5.41) is 2.99. The first-order valence-electron chi connectivity index (χ1n) is 11.8. The lowest BCUT2D eigenvalue weighted by Gasteiger charge is -2.30. The zero-order chi connectivity index (χ0) is 25.3. The number of nitrogens with one attached hydrogen (secondary N) is 1. The van der Waals surface area contributed by atoms with Crippen LogP contribution in [0.2, 0.25) is 0 Å². The van der Waals surface area contributed by atoms with Gasteiger partial charge in [-0.1, -0.05) is 24.3 Å².